The van der Waals surface area contributed by atoms with Crippen LogP contribution in [0.25, 0.3) is 0 Å². The van der Waals surface area contributed by atoms with Gasteiger partial charge in [0.1, 0.15) is 11.1 Å². The van der Waals surface area contributed by atoms with E-state index in [4.69, 9.17) is 0 Å². The first kappa shape index (κ1) is 16.0. The number of thioether (sulfide) groups is 1. The van der Waals surface area contributed by atoms with Crippen LogP contribution >= 0.6 is 27.7 Å². The van der Waals surface area contributed by atoms with Gasteiger partial charge < -0.3 is 10.1 Å². The highest BCUT2D eigenvalue weighted by atomic mass is 79.9. The number of carbonyl (C=O) groups excluding carboxylic acids is 2. The summed E-state index contributed by atoms with van der Waals surface area (Å²) >= 11 is 4.26. The van der Waals surface area contributed by atoms with E-state index in [9.17, 15) is 14.0 Å². The molecule has 0 spiro atoms. The van der Waals surface area contributed by atoms with Crippen molar-refractivity contribution in [2.24, 2.45) is 0 Å². The number of benzene rings is 1. The average molecular weight is 350 g/mol. The predicted molar refractivity (Wildman–Crippen MR) is 76.7 cm³/mol. The summed E-state index contributed by atoms with van der Waals surface area (Å²) in [5, 5.41) is 2.00. The summed E-state index contributed by atoms with van der Waals surface area (Å²) < 4.78 is 18.6. The van der Waals surface area contributed by atoms with Gasteiger partial charge in [-0.15, -0.1) is 11.8 Å². The molecule has 0 saturated heterocycles. The van der Waals surface area contributed by atoms with E-state index < -0.39 is 17.0 Å². The Kier molecular flexibility index (Phi) is 6.30. The quantitative estimate of drug-likeness (QED) is 0.830. The smallest absolute Gasteiger partial charge is 0.318 e. The third-order valence-electron chi connectivity index (χ3n) is 2.20. The van der Waals surface area contributed by atoms with E-state index in [-0.39, 0.29) is 17.3 Å². The largest absolute Gasteiger partial charge is 0.468 e. The van der Waals surface area contributed by atoms with E-state index in [1.807, 2.05) is 0 Å². The van der Waals surface area contributed by atoms with Crippen LogP contribution in [0.15, 0.2) is 22.7 Å². The van der Waals surface area contributed by atoms with E-state index in [2.05, 4.69) is 26.0 Å². The Morgan fingerprint density at radius 3 is 2.79 bits per heavy atom. The fourth-order valence-corrected chi connectivity index (χ4v) is 2.25. The standard InChI is InChI=1S/C12H13BrFNO3S/c1-7(12(17)18-2)19-6-11(16)15-10-4-3-8(13)5-9(10)14/h3-5,7H,6H2,1-2H3,(H,15,16). The first-order chi connectivity index (χ1) is 8.93. The predicted octanol–water partition coefficient (Wildman–Crippen LogP) is 2.82. The van der Waals surface area contributed by atoms with Gasteiger partial charge in [-0.1, -0.05) is 15.9 Å². The molecule has 1 N–H and O–H groups in total. The maximum absolute atomic E-state index is 13.5. The molecule has 19 heavy (non-hydrogen) atoms. The van der Waals surface area contributed by atoms with Crippen molar-refractivity contribution < 1.29 is 18.7 Å². The second-order valence-corrected chi connectivity index (χ2v) is 5.89. The van der Waals surface area contributed by atoms with Gasteiger partial charge in [0.2, 0.25) is 5.91 Å². The maximum atomic E-state index is 13.5. The lowest BCUT2D eigenvalue weighted by Crippen LogP contribution is -2.20. The van der Waals surface area contributed by atoms with Gasteiger partial charge in [0.05, 0.1) is 18.6 Å². The molecule has 1 unspecified atom stereocenters. The lowest BCUT2D eigenvalue weighted by molar-refractivity contribution is -0.139. The molecule has 0 aromatic heterocycles. The number of anilines is 1. The monoisotopic (exact) mass is 349 g/mol. The zero-order valence-corrected chi connectivity index (χ0v) is 12.8. The van der Waals surface area contributed by atoms with Crippen molar-refractivity contribution in [3.05, 3.63) is 28.5 Å². The Labute approximate surface area is 123 Å². The molecule has 7 heteroatoms. The SMILES string of the molecule is COC(=O)C(C)SCC(=O)Nc1ccc(Br)cc1F. The summed E-state index contributed by atoms with van der Waals surface area (Å²) in [4.78, 5) is 22.7. The van der Waals surface area contributed by atoms with E-state index in [1.165, 1.54) is 19.2 Å². The molecule has 0 radical (unpaired) electrons. The molecule has 1 aromatic rings. The maximum Gasteiger partial charge on any atom is 0.318 e. The van der Waals surface area contributed by atoms with E-state index in [1.54, 1.807) is 13.0 Å². The highest BCUT2D eigenvalue weighted by molar-refractivity contribution is 9.10. The molecular formula is C12H13BrFNO3S. The summed E-state index contributed by atoms with van der Waals surface area (Å²) in [6, 6.07) is 4.36. The normalized spacial score (nSPS) is 11.8. The van der Waals surface area contributed by atoms with Crippen molar-refractivity contribution in [2.45, 2.75) is 12.2 Å². The number of methoxy groups -OCH3 is 1. The summed E-state index contributed by atoms with van der Waals surface area (Å²) in [6.07, 6.45) is 0. The highest BCUT2D eigenvalue weighted by Gasteiger charge is 2.16. The zero-order chi connectivity index (χ0) is 14.4. The third-order valence-corrected chi connectivity index (χ3v) is 3.82. The Morgan fingerprint density at radius 2 is 2.21 bits per heavy atom. The minimum absolute atomic E-state index is 0.0474. The van der Waals surface area contributed by atoms with Crippen molar-refractivity contribution in [1.29, 1.82) is 0 Å². The molecule has 0 saturated carbocycles. The first-order valence-corrected chi connectivity index (χ1v) is 7.22. The number of esters is 1. The van der Waals surface area contributed by atoms with Crippen molar-refractivity contribution in [3.8, 4) is 0 Å². The third kappa shape index (κ3) is 5.20. The zero-order valence-electron chi connectivity index (χ0n) is 10.4. The molecule has 0 fully saturated rings. The fourth-order valence-electron chi connectivity index (χ4n) is 1.21. The van der Waals surface area contributed by atoms with Gasteiger partial charge in [0.15, 0.2) is 0 Å². The number of hydrogen-bond acceptors (Lipinski definition) is 4. The number of amides is 1. The summed E-state index contributed by atoms with van der Waals surface area (Å²) in [5.74, 6) is -1.24. The average Bonchev–Trinajstić information content (AvgIpc) is 2.38. The molecule has 0 heterocycles. The van der Waals surface area contributed by atoms with Crippen molar-refractivity contribution in [2.75, 3.05) is 18.2 Å². The van der Waals surface area contributed by atoms with Crippen molar-refractivity contribution in [1.82, 2.24) is 0 Å². The lowest BCUT2D eigenvalue weighted by Gasteiger charge is -2.09. The molecule has 104 valence electrons. The fraction of sp³-hybridized carbons (Fsp3) is 0.333. The van der Waals surface area contributed by atoms with Crippen LogP contribution < -0.4 is 5.32 Å². The Balaban J connectivity index is 2.49. The molecule has 1 amide bonds. The van der Waals surface area contributed by atoms with Crippen molar-refractivity contribution in [3.63, 3.8) is 0 Å². The van der Waals surface area contributed by atoms with Crippen LogP contribution in [0.2, 0.25) is 0 Å². The summed E-state index contributed by atoms with van der Waals surface area (Å²) in [7, 11) is 1.29. The van der Waals surface area contributed by atoms with Gasteiger partial charge in [-0.3, -0.25) is 9.59 Å². The number of carbonyl (C=O) groups is 2. The molecule has 1 aromatic carbocycles. The van der Waals surface area contributed by atoms with Gasteiger partial charge in [0.25, 0.3) is 0 Å². The lowest BCUT2D eigenvalue weighted by atomic mass is 10.3. The number of halogens is 2. The number of hydrogen-bond donors (Lipinski definition) is 1. The second kappa shape index (κ2) is 7.49. The van der Waals surface area contributed by atoms with Crippen LogP contribution in [0.5, 0.6) is 0 Å². The Morgan fingerprint density at radius 1 is 1.53 bits per heavy atom. The number of rotatable bonds is 5. The molecule has 1 atom stereocenters. The van der Waals surface area contributed by atoms with Crippen LogP contribution in [0.4, 0.5) is 10.1 Å². The molecule has 0 aliphatic carbocycles. The molecule has 4 nitrogen and oxygen atoms in total. The number of nitrogens with one attached hydrogen (secondary N) is 1. The van der Waals surface area contributed by atoms with E-state index in [0.29, 0.717) is 4.47 Å². The minimum atomic E-state index is -0.520. The topological polar surface area (TPSA) is 55.4 Å². The molecule has 0 aliphatic heterocycles. The summed E-state index contributed by atoms with van der Waals surface area (Å²) in [5.41, 5.74) is 0.111. The van der Waals surface area contributed by atoms with Gasteiger partial charge in [-0.2, -0.15) is 0 Å². The second-order valence-electron chi connectivity index (χ2n) is 3.65. The van der Waals surface area contributed by atoms with Gasteiger partial charge in [-0.05, 0) is 25.1 Å². The Bertz CT molecular complexity index is 484. The van der Waals surface area contributed by atoms with Gasteiger partial charge >= 0.3 is 5.97 Å². The molecule has 0 aliphatic rings. The summed E-state index contributed by atoms with van der Waals surface area (Å²) in [6.45, 7) is 1.64. The molecular weight excluding hydrogens is 337 g/mol. The van der Waals surface area contributed by atoms with E-state index in [0.717, 1.165) is 11.8 Å². The van der Waals surface area contributed by atoms with Gasteiger partial charge in [0, 0.05) is 4.47 Å². The number of ether oxygens (including phenoxy) is 1. The van der Waals surface area contributed by atoms with E-state index >= 15 is 0 Å². The van der Waals surface area contributed by atoms with Crippen molar-refractivity contribution >= 4 is 45.3 Å². The van der Waals surface area contributed by atoms with Crippen LogP contribution in [-0.2, 0) is 14.3 Å². The Hall–Kier alpha value is -1.08. The molecule has 0 bridgehead atoms. The molecule has 1 rings (SSSR count). The van der Waals surface area contributed by atoms with Crippen LogP contribution in [0.1, 0.15) is 6.92 Å². The highest BCUT2D eigenvalue weighted by Crippen LogP contribution is 2.20. The van der Waals surface area contributed by atoms with Crippen LogP contribution in [-0.4, -0.2) is 30.0 Å². The van der Waals surface area contributed by atoms with Gasteiger partial charge in [-0.25, -0.2) is 4.39 Å². The minimum Gasteiger partial charge on any atom is -0.468 e. The van der Waals surface area contributed by atoms with Crippen LogP contribution in [0, 0.1) is 5.82 Å². The van der Waals surface area contributed by atoms with Crippen LogP contribution in [0.3, 0.4) is 0 Å². The first-order valence-electron chi connectivity index (χ1n) is 5.38.